The van der Waals surface area contributed by atoms with E-state index in [0.29, 0.717) is 22.0 Å². The molecule has 5 amide bonds. The average Bonchev–Trinajstić information content (AvgIpc) is 3.81. The molecule has 0 aliphatic heterocycles. The van der Waals surface area contributed by atoms with Crippen LogP contribution in [0.25, 0.3) is 21.8 Å². The number of para-hydroxylation sites is 2. The minimum Gasteiger partial charge on any atom is -0.481 e. The van der Waals surface area contributed by atoms with Crippen LogP contribution in [0, 0.1) is 11.8 Å². The first-order chi connectivity index (χ1) is 29.3. The van der Waals surface area contributed by atoms with Crippen LogP contribution in [0.3, 0.4) is 0 Å². The summed E-state index contributed by atoms with van der Waals surface area (Å²) in [6.07, 6.45) is 1.26. The molecule has 334 valence electrons. The van der Waals surface area contributed by atoms with Crippen LogP contribution in [0.1, 0.15) is 70.9 Å². The van der Waals surface area contributed by atoms with Crippen molar-refractivity contribution in [2.24, 2.45) is 17.6 Å². The molecule has 0 unspecified atom stereocenters. The Labute approximate surface area is 357 Å². The second kappa shape index (κ2) is 22.2. The molecule has 4 aromatic rings. The molecular weight excluding hydrogens is 805 g/mol. The number of fused-ring (bicyclic) bond motifs is 2. The fourth-order valence-electron chi connectivity index (χ4n) is 7.06. The molecule has 2 aromatic carbocycles. The zero-order chi connectivity index (χ0) is 45.7. The van der Waals surface area contributed by atoms with Crippen LogP contribution in [0.15, 0.2) is 60.9 Å². The number of H-pyrrole nitrogens is 2. The molecule has 0 aliphatic carbocycles. The molecule has 0 saturated carbocycles. The number of carboxylic acid groups (broad SMARTS) is 3. The van der Waals surface area contributed by atoms with Gasteiger partial charge in [0, 0.05) is 53.5 Å². The Morgan fingerprint density at radius 2 is 0.968 bits per heavy atom. The Hall–Kier alpha value is -6.76. The van der Waals surface area contributed by atoms with Crippen LogP contribution in [0.5, 0.6) is 0 Å². The lowest BCUT2D eigenvalue weighted by atomic mass is 10.0. The van der Waals surface area contributed by atoms with Crippen molar-refractivity contribution in [2.75, 3.05) is 0 Å². The molecule has 0 bridgehead atoms. The van der Waals surface area contributed by atoms with Crippen molar-refractivity contribution in [3.05, 3.63) is 72.1 Å². The van der Waals surface area contributed by atoms with Crippen LogP contribution in [0.4, 0.5) is 0 Å². The maximum absolute atomic E-state index is 14.3. The molecule has 19 nitrogen and oxygen atoms in total. The van der Waals surface area contributed by atoms with Gasteiger partial charge in [-0.2, -0.15) is 0 Å². The van der Waals surface area contributed by atoms with Gasteiger partial charge >= 0.3 is 17.9 Å². The van der Waals surface area contributed by atoms with E-state index in [1.807, 2.05) is 13.8 Å². The number of aromatic amines is 2. The standard InChI is InChI=1S/C43H56N8O11/c1-22(2)15-28(44)38(56)48-34(19-37(54)55)42(60)50-32(17-24-20-45-29-11-7-5-9-26(24)29)40(58)47-31(13-14-36(52)53)39(57)49-33(41(59)51-35(43(61)62)16-23(3)4)18-25-21-46-30-12-8-6-10-27(25)30/h5-12,20-23,28,31-35,45-46H,13-19,44H2,1-4H3,(H,47,58)(H,48,56)(H,49,57)(H,50,60)(H,51,59)(H,52,53)(H,54,55)(H,61,62)/t28-,31-,32-,33-,34-,35-/m0/s1. The Balaban J connectivity index is 1.67. The lowest BCUT2D eigenvalue weighted by molar-refractivity contribution is -0.143. The van der Waals surface area contributed by atoms with Gasteiger partial charge in [0.05, 0.1) is 12.5 Å². The van der Waals surface area contributed by atoms with E-state index >= 15 is 0 Å². The molecule has 2 aromatic heterocycles. The van der Waals surface area contributed by atoms with Crippen LogP contribution in [0.2, 0.25) is 0 Å². The fraction of sp³-hybridized carbons (Fsp3) is 0.442. The highest BCUT2D eigenvalue weighted by Crippen LogP contribution is 2.21. The quantitative estimate of drug-likeness (QED) is 0.0480. The summed E-state index contributed by atoms with van der Waals surface area (Å²) >= 11 is 0. The van der Waals surface area contributed by atoms with E-state index in [0.717, 1.165) is 10.9 Å². The molecule has 19 heteroatoms. The number of nitrogens with one attached hydrogen (secondary N) is 7. The molecule has 0 radical (unpaired) electrons. The molecule has 0 spiro atoms. The van der Waals surface area contributed by atoms with Crippen molar-refractivity contribution in [3.8, 4) is 0 Å². The van der Waals surface area contributed by atoms with Gasteiger partial charge in [-0.25, -0.2) is 4.79 Å². The van der Waals surface area contributed by atoms with Crippen LogP contribution in [-0.2, 0) is 51.2 Å². The maximum atomic E-state index is 14.3. The van der Waals surface area contributed by atoms with E-state index in [4.69, 9.17) is 5.73 Å². The number of carbonyl (C=O) groups is 8. The highest BCUT2D eigenvalue weighted by atomic mass is 16.4. The summed E-state index contributed by atoms with van der Waals surface area (Å²) < 4.78 is 0. The number of carboxylic acids is 3. The number of hydrogen-bond acceptors (Lipinski definition) is 9. The average molecular weight is 861 g/mol. The zero-order valence-electron chi connectivity index (χ0n) is 35.0. The minimum absolute atomic E-state index is 0.00254. The first-order valence-electron chi connectivity index (χ1n) is 20.4. The summed E-state index contributed by atoms with van der Waals surface area (Å²) in [5, 5.41) is 43.1. The van der Waals surface area contributed by atoms with Gasteiger partial charge < -0.3 is 57.6 Å². The number of aromatic nitrogens is 2. The molecule has 0 saturated heterocycles. The molecule has 12 N–H and O–H groups in total. The van der Waals surface area contributed by atoms with E-state index < -0.39 is 103 Å². The maximum Gasteiger partial charge on any atom is 0.326 e. The molecule has 6 atom stereocenters. The smallest absolute Gasteiger partial charge is 0.326 e. The Bertz CT molecular complexity index is 2250. The van der Waals surface area contributed by atoms with Gasteiger partial charge in [0.1, 0.15) is 30.2 Å². The molecule has 0 aliphatic rings. The first-order valence-corrected chi connectivity index (χ1v) is 20.4. The van der Waals surface area contributed by atoms with Crippen LogP contribution in [-0.4, -0.2) is 109 Å². The van der Waals surface area contributed by atoms with E-state index in [1.54, 1.807) is 74.8 Å². The van der Waals surface area contributed by atoms with Crippen LogP contribution >= 0.6 is 0 Å². The van der Waals surface area contributed by atoms with Crippen molar-refractivity contribution in [2.45, 2.75) is 109 Å². The Morgan fingerprint density at radius 3 is 1.42 bits per heavy atom. The summed E-state index contributed by atoms with van der Waals surface area (Å²) in [6.45, 7) is 7.22. The monoisotopic (exact) mass is 860 g/mol. The van der Waals surface area contributed by atoms with Gasteiger partial charge in [-0.05, 0) is 54.4 Å². The summed E-state index contributed by atoms with van der Waals surface area (Å²) in [5.41, 5.74) is 8.56. The second-order valence-corrected chi connectivity index (χ2v) is 16.2. The number of amides is 5. The van der Waals surface area contributed by atoms with Crippen molar-refractivity contribution in [3.63, 3.8) is 0 Å². The highest BCUT2D eigenvalue weighted by Gasteiger charge is 2.35. The lowest BCUT2D eigenvalue weighted by Crippen LogP contribution is -2.60. The van der Waals surface area contributed by atoms with Gasteiger partial charge in [0.15, 0.2) is 0 Å². The number of rotatable bonds is 24. The normalized spacial score (nSPS) is 14.3. The van der Waals surface area contributed by atoms with Crippen molar-refractivity contribution >= 4 is 69.2 Å². The SMILES string of the molecule is CC(C)C[C@H](NC(=O)[C@H](Cc1c[nH]c2ccccc12)NC(=O)[C@H](CCC(=O)O)NC(=O)[C@H](Cc1c[nH]c2ccccc12)NC(=O)[C@H](CC(=O)O)NC(=O)[C@@H](N)CC(C)C)C(=O)O. The van der Waals surface area contributed by atoms with E-state index in [2.05, 4.69) is 36.6 Å². The highest BCUT2D eigenvalue weighted by molar-refractivity contribution is 5.98. The molecular formula is C43H56N8O11. The second-order valence-electron chi connectivity index (χ2n) is 16.2. The summed E-state index contributed by atoms with van der Waals surface area (Å²) in [5.74, 6) is -8.79. The van der Waals surface area contributed by atoms with E-state index in [1.165, 1.54) is 0 Å². The number of nitrogens with two attached hydrogens (primary N) is 1. The van der Waals surface area contributed by atoms with E-state index in [9.17, 15) is 53.7 Å². The lowest BCUT2D eigenvalue weighted by Gasteiger charge is -2.27. The fourth-order valence-corrected chi connectivity index (χ4v) is 7.06. The largest absolute Gasteiger partial charge is 0.481 e. The Morgan fingerprint density at radius 1 is 0.548 bits per heavy atom. The molecule has 2 heterocycles. The number of aliphatic carboxylic acids is 3. The molecule has 62 heavy (non-hydrogen) atoms. The third-order valence-corrected chi connectivity index (χ3v) is 10.1. The number of benzene rings is 2. The summed E-state index contributed by atoms with van der Waals surface area (Å²) in [7, 11) is 0. The topological polar surface area (TPSA) is 315 Å². The number of hydrogen-bond donors (Lipinski definition) is 11. The zero-order valence-corrected chi connectivity index (χ0v) is 35.0. The van der Waals surface area contributed by atoms with Crippen LogP contribution < -0.4 is 32.3 Å². The predicted octanol–water partition coefficient (Wildman–Crippen LogP) is 1.70. The van der Waals surface area contributed by atoms with E-state index in [-0.39, 0.29) is 37.5 Å². The first kappa shape index (κ1) is 47.9. The van der Waals surface area contributed by atoms with Gasteiger partial charge in [0.2, 0.25) is 29.5 Å². The van der Waals surface area contributed by atoms with Gasteiger partial charge in [-0.3, -0.25) is 33.6 Å². The summed E-state index contributed by atoms with van der Waals surface area (Å²) in [4.78, 5) is 111. The van der Waals surface area contributed by atoms with Crippen molar-refractivity contribution in [1.82, 2.24) is 36.6 Å². The minimum atomic E-state index is -1.67. The Kier molecular flexibility index (Phi) is 17.1. The van der Waals surface area contributed by atoms with Crippen molar-refractivity contribution in [1.29, 1.82) is 0 Å². The number of carbonyl (C=O) groups excluding carboxylic acids is 5. The molecule has 4 rings (SSSR count). The van der Waals surface area contributed by atoms with Gasteiger partial charge in [-0.15, -0.1) is 0 Å². The summed E-state index contributed by atoms with van der Waals surface area (Å²) in [6, 6.07) is 5.65. The third kappa shape index (κ3) is 13.9. The van der Waals surface area contributed by atoms with Crippen molar-refractivity contribution < 1.29 is 53.7 Å². The predicted molar refractivity (Wildman–Crippen MR) is 227 cm³/mol. The van der Waals surface area contributed by atoms with Gasteiger partial charge in [-0.1, -0.05) is 64.1 Å². The van der Waals surface area contributed by atoms with Gasteiger partial charge in [0.25, 0.3) is 0 Å². The molecule has 0 fully saturated rings. The third-order valence-electron chi connectivity index (χ3n) is 10.1.